The van der Waals surface area contributed by atoms with Crippen molar-refractivity contribution >= 4 is 19.8 Å². The van der Waals surface area contributed by atoms with Crippen LogP contribution in [-0.4, -0.2) is 56.3 Å². The molecule has 2 unspecified atom stereocenters. The van der Waals surface area contributed by atoms with E-state index in [1.54, 1.807) is 7.05 Å². The minimum Gasteiger partial charge on any atom is -0.462 e. The molecule has 0 saturated carbocycles. The zero-order chi connectivity index (χ0) is 43.9. The zero-order valence-electron chi connectivity index (χ0n) is 38.6. The Kier molecular flexibility index (Phi) is 44.5. The van der Waals surface area contributed by atoms with Crippen LogP contribution in [0.5, 0.6) is 0 Å². The number of ether oxygens (including phenoxy) is 2. The van der Waals surface area contributed by atoms with Gasteiger partial charge in [0.2, 0.25) is 0 Å². The maximum Gasteiger partial charge on any atom is 0.472 e. The number of rotatable bonds is 45. The lowest BCUT2D eigenvalue weighted by Crippen LogP contribution is -2.29. The second-order valence-corrected chi connectivity index (χ2v) is 17.4. The number of allylic oxidation sites excluding steroid dienone is 10. The SMILES string of the molecule is CC/C=C\C/C=C\C/C=C\C/C=C\CCCCCCC(=O)OCC(COP(=O)(O)OCCNC)OC(=O)CCCCCCCCCCCCC/C=C\CCCCCCCC. The van der Waals surface area contributed by atoms with E-state index in [4.69, 9.17) is 18.5 Å². The summed E-state index contributed by atoms with van der Waals surface area (Å²) < 4.78 is 33.3. The van der Waals surface area contributed by atoms with Gasteiger partial charge in [0.1, 0.15) is 6.61 Å². The predicted octanol–water partition coefficient (Wildman–Crippen LogP) is 14.3. The summed E-state index contributed by atoms with van der Waals surface area (Å²) in [6.45, 7) is 4.09. The van der Waals surface area contributed by atoms with Crippen molar-refractivity contribution in [2.45, 2.75) is 213 Å². The van der Waals surface area contributed by atoms with Gasteiger partial charge >= 0.3 is 19.8 Å². The monoisotopic (exact) mass is 864 g/mol. The van der Waals surface area contributed by atoms with Gasteiger partial charge < -0.3 is 19.7 Å². The number of esters is 2. The molecule has 0 spiro atoms. The van der Waals surface area contributed by atoms with E-state index in [1.165, 1.54) is 96.3 Å². The van der Waals surface area contributed by atoms with Gasteiger partial charge in [0.25, 0.3) is 0 Å². The smallest absolute Gasteiger partial charge is 0.462 e. The van der Waals surface area contributed by atoms with Crippen molar-refractivity contribution in [3.05, 3.63) is 60.8 Å². The third kappa shape index (κ3) is 45.2. The molecule has 0 bridgehead atoms. The highest BCUT2D eigenvalue weighted by Gasteiger charge is 2.26. The molecular formula is C50H90NO8P. The van der Waals surface area contributed by atoms with E-state index in [2.05, 4.69) is 79.9 Å². The van der Waals surface area contributed by atoms with Crippen molar-refractivity contribution in [2.24, 2.45) is 0 Å². The Morgan fingerprint density at radius 3 is 1.43 bits per heavy atom. The first-order valence-corrected chi connectivity index (χ1v) is 25.7. The summed E-state index contributed by atoms with van der Waals surface area (Å²) in [6, 6.07) is 0. The highest BCUT2D eigenvalue weighted by atomic mass is 31.2. The van der Waals surface area contributed by atoms with Gasteiger partial charge in [0.05, 0.1) is 13.2 Å². The highest BCUT2D eigenvalue weighted by Crippen LogP contribution is 2.43. The van der Waals surface area contributed by atoms with E-state index in [9.17, 15) is 19.0 Å². The molecule has 0 saturated heterocycles. The highest BCUT2D eigenvalue weighted by molar-refractivity contribution is 7.47. The number of phosphoric acid groups is 1. The Bertz CT molecular complexity index is 1170. The van der Waals surface area contributed by atoms with Crippen molar-refractivity contribution in [1.29, 1.82) is 0 Å². The zero-order valence-corrected chi connectivity index (χ0v) is 39.5. The van der Waals surface area contributed by atoms with Gasteiger partial charge in [-0.1, -0.05) is 177 Å². The molecule has 0 aliphatic rings. The number of hydrogen-bond acceptors (Lipinski definition) is 8. The van der Waals surface area contributed by atoms with Gasteiger partial charge in [-0.2, -0.15) is 0 Å². The van der Waals surface area contributed by atoms with E-state index >= 15 is 0 Å². The third-order valence-electron chi connectivity index (χ3n) is 10.1. The summed E-state index contributed by atoms with van der Waals surface area (Å²) in [6.07, 6.45) is 54.1. The van der Waals surface area contributed by atoms with Gasteiger partial charge in [-0.3, -0.25) is 18.6 Å². The summed E-state index contributed by atoms with van der Waals surface area (Å²) in [7, 11) is -2.66. The number of likely N-dealkylation sites (N-methyl/N-ethyl adjacent to an activating group) is 1. The van der Waals surface area contributed by atoms with Gasteiger partial charge in [-0.25, -0.2) is 4.57 Å². The van der Waals surface area contributed by atoms with E-state index in [1.807, 2.05) is 0 Å². The van der Waals surface area contributed by atoms with E-state index in [0.717, 1.165) is 70.6 Å². The fourth-order valence-corrected chi connectivity index (χ4v) is 7.23. The topological polar surface area (TPSA) is 120 Å². The molecule has 0 amide bonds. The molecule has 60 heavy (non-hydrogen) atoms. The predicted molar refractivity (Wildman–Crippen MR) is 252 cm³/mol. The lowest BCUT2D eigenvalue weighted by molar-refractivity contribution is -0.161. The molecule has 0 heterocycles. The number of unbranched alkanes of at least 4 members (excludes halogenated alkanes) is 21. The molecule has 0 aromatic rings. The number of carbonyl (C=O) groups excluding carboxylic acids is 2. The fourth-order valence-electron chi connectivity index (χ4n) is 6.48. The molecule has 0 aromatic carbocycles. The molecule has 9 nitrogen and oxygen atoms in total. The summed E-state index contributed by atoms with van der Waals surface area (Å²) in [5.41, 5.74) is 0. The molecule has 0 fully saturated rings. The second kappa shape index (κ2) is 46.2. The van der Waals surface area contributed by atoms with Crippen molar-refractivity contribution in [3.63, 3.8) is 0 Å². The standard InChI is InChI=1S/C50H90NO8P/c1-4-6-8-10-12-14-16-18-20-22-23-24-25-27-29-31-33-35-37-39-41-43-50(53)59-48(47-58-60(54,55)57-45-44-51-3)46-56-49(52)42-40-38-36-34-32-30-28-26-21-19-17-15-13-11-9-7-5-2/h7,9,13,15,18-21,28,30,48,51H,4-6,8,10-12,14,16-17,22-27,29,31-47H2,1-3H3,(H,54,55)/b9-7-,15-13-,20-18-,21-19-,30-28-. The third-order valence-corrected chi connectivity index (χ3v) is 11.1. The molecule has 10 heteroatoms. The Balaban J connectivity index is 4.18. The molecule has 0 rings (SSSR count). The Morgan fingerprint density at radius 2 is 0.950 bits per heavy atom. The number of phosphoric ester groups is 1. The summed E-state index contributed by atoms with van der Waals surface area (Å²) in [5, 5.41) is 2.83. The van der Waals surface area contributed by atoms with Gasteiger partial charge in [-0.05, 0) is 84.1 Å². The van der Waals surface area contributed by atoms with Crippen LogP contribution in [0.4, 0.5) is 0 Å². The molecule has 348 valence electrons. The summed E-state index contributed by atoms with van der Waals surface area (Å²) in [5.74, 6) is -0.834. The minimum absolute atomic E-state index is 0.0232. The Hall–Kier alpha value is -2.29. The van der Waals surface area contributed by atoms with Gasteiger partial charge in [0.15, 0.2) is 6.10 Å². The van der Waals surface area contributed by atoms with Crippen molar-refractivity contribution < 1.29 is 37.6 Å². The van der Waals surface area contributed by atoms with Crippen molar-refractivity contribution in [2.75, 3.05) is 33.4 Å². The maximum atomic E-state index is 12.7. The van der Waals surface area contributed by atoms with E-state index in [0.29, 0.717) is 19.4 Å². The molecule has 0 aliphatic heterocycles. The molecule has 0 aromatic heterocycles. The van der Waals surface area contributed by atoms with E-state index < -0.39 is 32.5 Å². The van der Waals surface area contributed by atoms with Gasteiger partial charge in [0, 0.05) is 19.4 Å². The first-order valence-electron chi connectivity index (χ1n) is 24.2. The van der Waals surface area contributed by atoms with Crippen LogP contribution in [0.1, 0.15) is 206 Å². The van der Waals surface area contributed by atoms with Crippen LogP contribution in [0, 0.1) is 0 Å². The van der Waals surface area contributed by atoms with Crippen molar-refractivity contribution in [1.82, 2.24) is 5.32 Å². The van der Waals surface area contributed by atoms with Crippen LogP contribution in [0.2, 0.25) is 0 Å². The summed E-state index contributed by atoms with van der Waals surface area (Å²) in [4.78, 5) is 35.2. The molecule has 0 aliphatic carbocycles. The fraction of sp³-hybridized carbons (Fsp3) is 0.760. The first-order chi connectivity index (χ1) is 29.3. The van der Waals surface area contributed by atoms with Crippen LogP contribution in [0.3, 0.4) is 0 Å². The van der Waals surface area contributed by atoms with E-state index in [-0.39, 0.29) is 26.1 Å². The average Bonchev–Trinajstić information content (AvgIpc) is 3.23. The molecule has 0 radical (unpaired) electrons. The van der Waals surface area contributed by atoms with Crippen LogP contribution >= 0.6 is 7.82 Å². The molecular weight excluding hydrogens is 774 g/mol. The number of nitrogens with one attached hydrogen (secondary N) is 1. The van der Waals surface area contributed by atoms with Crippen LogP contribution in [0.15, 0.2) is 60.8 Å². The Morgan fingerprint density at radius 1 is 0.533 bits per heavy atom. The molecule has 2 N–H and O–H groups in total. The maximum absolute atomic E-state index is 12.7. The average molecular weight is 864 g/mol. The largest absolute Gasteiger partial charge is 0.472 e. The minimum atomic E-state index is -4.36. The number of hydrogen-bond donors (Lipinski definition) is 2. The lowest BCUT2D eigenvalue weighted by Gasteiger charge is -2.20. The Labute approximate surface area is 368 Å². The van der Waals surface area contributed by atoms with Crippen LogP contribution in [0.25, 0.3) is 0 Å². The first kappa shape index (κ1) is 57.7. The summed E-state index contributed by atoms with van der Waals surface area (Å²) >= 11 is 0. The number of carbonyl (C=O) groups is 2. The van der Waals surface area contributed by atoms with Crippen molar-refractivity contribution in [3.8, 4) is 0 Å². The normalized spacial score (nSPS) is 13.7. The van der Waals surface area contributed by atoms with Crippen LogP contribution in [-0.2, 0) is 32.7 Å². The molecule has 2 atom stereocenters. The van der Waals surface area contributed by atoms with Crippen LogP contribution < -0.4 is 5.32 Å². The quantitative estimate of drug-likeness (QED) is 0.0267. The lowest BCUT2D eigenvalue weighted by atomic mass is 10.0. The van der Waals surface area contributed by atoms with Gasteiger partial charge in [-0.15, -0.1) is 0 Å². The second-order valence-electron chi connectivity index (χ2n) is 15.9.